The highest BCUT2D eigenvalue weighted by atomic mass is 16.5. The zero-order valence-electron chi connectivity index (χ0n) is 17.9. The van der Waals surface area contributed by atoms with Gasteiger partial charge in [-0.05, 0) is 36.1 Å². The summed E-state index contributed by atoms with van der Waals surface area (Å²) in [4.78, 5) is 12.8. The third-order valence-corrected chi connectivity index (χ3v) is 5.83. The maximum atomic E-state index is 11.6. The Labute approximate surface area is 184 Å². The van der Waals surface area contributed by atoms with Gasteiger partial charge >= 0.3 is 5.97 Å². The van der Waals surface area contributed by atoms with E-state index in [1.54, 1.807) is 0 Å². The van der Waals surface area contributed by atoms with E-state index in [1.807, 2.05) is 30.3 Å². The van der Waals surface area contributed by atoms with E-state index < -0.39 is 0 Å². The Bertz CT molecular complexity index is 1070. The fourth-order valence-corrected chi connectivity index (χ4v) is 4.02. The minimum atomic E-state index is -0.303. The number of rotatable bonds is 7. The number of esters is 1. The smallest absolute Gasteiger partial charge is 0.337 e. The maximum Gasteiger partial charge on any atom is 0.337 e. The molecule has 0 saturated carbocycles. The van der Waals surface area contributed by atoms with E-state index in [-0.39, 0.29) is 5.97 Å². The van der Waals surface area contributed by atoms with Crippen molar-refractivity contribution in [1.82, 2.24) is 0 Å². The van der Waals surface area contributed by atoms with E-state index >= 15 is 0 Å². The highest BCUT2D eigenvalue weighted by molar-refractivity contribution is 5.89. The van der Waals surface area contributed by atoms with Crippen LogP contribution in [0.1, 0.15) is 27.9 Å². The average molecular weight is 411 g/mol. The number of ether oxygens (including phenoxy) is 1. The minimum absolute atomic E-state index is 0.303. The Morgan fingerprint density at radius 3 is 2.48 bits per heavy atom. The molecule has 2 atom stereocenters. The van der Waals surface area contributed by atoms with Crippen LogP contribution in [0.25, 0.3) is 0 Å². The number of methoxy groups -OCH3 is 1. The van der Waals surface area contributed by atoms with Gasteiger partial charge in [-0.3, -0.25) is 4.90 Å². The van der Waals surface area contributed by atoms with E-state index in [0.717, 1.165) is 19.4 Å². The lowest BCUT2D eigenvalue weighted by atomic mass is 9.86. The minimum Gasteiger partial charge on any atom is -0.465 e. The van der Waals surface area contributed by atoms with Crippen LogP contribution >= 0.6 is 0 Å². The quantitative estimate of drug-likeness (QED) is 0.535. The zero-order chi connectivity index (χ0) is 21.6. The van der Waals surface area contributed by atoms with Gasteiger partial charge in [-0.1, -0.05) is 72.8 Å². The Kier molecular flexibility index (Phi) is 6.44. The van der Waals surface area contributed by atoms with Crippen molar-refractivity contribution in [2.45, 2.75) is 19.4 Å². The second-order valence-electron chi connectivity index (χ2n) is 8.05. The van der Waals surface area contributed by atoms with Gasteiger partial charge in [0, 0.05) is 23.1 Å². The van der Waals surface area contributed by atoms with E-state index in [0.29, 0.717) is 11.5 Å². The first-order valence-electron chi connectivity index (χ1n) is 10.7. The van der Waals surface area contributed by atoms with Gasteiger partial charge in [0.2, 0.25) is 0 Å². The SMILES string of the molecule is C=C(Cc1ccccc1)[C@H]1C=CC(C2=C[NH+](Cc3ccc(C(=O)OC)cc3)C=C2)=CC1. The van der Waals surface area contributed by atoms with Crippen LogP contribution in [0.5, 0.6) is 0 Å². The van der Waals surface area contributed by atoms with Crippen molar-refractivity contribution in [2.75, 3.05) is 7.11 Å². The van der Waals surface area contributed by atoms with Crippen molar-refractivity contribution >= 4 is 5.97 Å². The number of carbonyl (C=O) groups excluding carboxylic acids is 1. The molecule has 0 bridgehead atoms. The molecule has 2 aliphatic rings. The molecule has 156 valence electrons. The van der Waals surface area contributed by atoms with Gasteiger partial charge in [-0.15, -0.1) is 0 Å². The number of hydrogen-bond donors (Lipinski definition) is 1. The molecule has 0 radical (unpaired) electrons. The molecule has 0 aromatic heterocycles. The molecule has 1 N–H and O–H groups in total. The van der Waals surface area contributed by atoms with Gasteiger partial charge in [0.1, 0.15) is 12.7 Å². The predicted octanol–water partition coefficient (Wildman–Crippen LogP) is 4.57. The third kappa shape index (κ3) is 5.19. The molecular weight excluding hydrogens is 382 g/mol. The highest BCUT2D eigenvalue weighted by Gasteiger charge is 2.18. The van der Waals surface area contributed by atoms with Gasteiger partial charge in [0.15, 0.2) is 0 Å². The summed E-state index contributed by atoms with van der Waals surface area (Å²) in [7, 11) is 1.40. The van der Waals surface area contributed by atoms with Crippen LogP contribution < -0.4 is 4.90 Å². The largest absolute Gasteiger partial charge is 0.465 e. The summed E-state index contributed by atoms with van der Waals surface area (Å²) in [5, 5.41) is 0. The fourth-order valence-electron chi connectivity index (χ4n) is 4.02. The van der Waals surface area contributed by atoms with E-state index in [9.17, 15) is 4.79 Å². The molecule has 2 aromatic carbocycles. The monoisotopic (exact) mass is 410 g/mol. The molecule has 0 saturated heterocycles. The molecule has 4 rings (SSSR count). The van der Waals surface area contributed by atoms with Gasteiger partial charge in [-0.2, -0.15) is 0 Å². The number of quaternary nitrogens is 1. The maximum absolute atomic E-state index is 11.6. The van der Waals surface area contributed by atoms with Gasteiger partial charge < -0.3 is 4.74 Å². The van der Waals surface area contributed by atoms with Crippen molar-refractivity contribution in [3.63, 3.8) is 0 Å². The van der Waals surface area contributed by atoms with Crippen LogP contribution in [0.3, 0.4) is 0 Å². The van der Waals surface area contributed by atoms with Gasteiger partial charge in [0.05, 0.1) is 18.9 Å². The van der Waals surface area contributed by atoms with Crippen molar-refractivity contribution in [1.29, 1.82) is 0 Å². The first-order chi connectivity index (χ1) is 15.1. The molecule has 1 aliphatic carbocycles. The molecule has 0 fully saturated rings. The van der Waals surface area contributed by atoms with Crippen molar-refractivity contribution in [3.8, 4) is 0 Å². The average Bonchev–Trinajstić information content (AvgIpc) is 3.28. The Morgan fingerprint density at radius 1 is 1.03 bits per heavy atom. The lowest BCUT2D eigenvalue weighted by Gasteiger charge is -2.19. The Balaban J connectivity index is 1.33. The Morgan fingerprint density at radius 2 is 1.81 bits per heavy atom. The summed E-state index contributed by atoms with van der Waals surface area (Å²) in [6.07, 6.45) is 15.4. The summed E-state index contributed by atoms with van der Waals surface area (Å²) < 4.78 is 4.76. The fraction of sp³-hybridized carbons (Fsp3) is 0.179. The lowest BCUT2D eigenvalue weighted by Crippen LogP contribution is -3.00. The van der Waals surface area contributed by atoms with E-state index in [2.05, 4.69) is 67.5 Å². The van der Waals surface area contributed by atoms with Crippen LogP contribution in [-0.2, 0) is 17.7 Å². The molecule has 3 heteroatoms. The number of nitrogens with one attached hydrogen (secondary N) is 1. The molecule has 1 aliphatic heterocycles. The molecule has 0 spiro atoms. The zero-order valence-corrected chi connectivity index (χ0v) is 17.9. The third-order valence-electron chi connectivity index (χ3n) is 5.83. The van der Waals surface area contributed by atoms with E-state index in [1.165, 1.54) is 39.9 Å². The standard InChI is InChI=1S/C28H27NO2/c1-21(18-22-6-4-3-5-7-22)24-12-14-25(15-13-24)27-16-17-29(20-27)19-23-8-10-26(11-9-23)28(30)31-2/h3-12,14-17,20,24H,1,13,18-19H2,2H3/p+1/t24-/m0/s1. The van der Waals surface area contributed by atoms with Crippen LogP contribution in [-0.4, -0.2) is 13.1 Å². The van der Waals surface area contributed by atoms with Gasteiger partial charge in [0.25, 0.3) is 0 Å². The molecule has 3 nitrogen and oxygen atoms in total. The summed E-state index contributed by atoms with van der Waals surface area (Å²) in [6.45, 7) is 5.18. The van der Waals surface area contributed by atoms with Crippen LogP contribution in [0.4, 0.5) is 0 Å². The van der Waals surface area contributed by atoms with Crippen LogP contribution in [0, 0.1) is 5.92 Å². The number of carbonyl (C=O) groups is 1. The summed E-state index contributed by atoms with van der Waals surface area (Å²) >= 11 is 0. The number of benzene rings is 2. The lowest BCUT2D eigenvalue weighted by molar-refractivity contribution is -0.803. The summed E-state index contributed by atoms with van der Waals surface area (Å²) in [5.41, 5.74) is 6.86. The van der Waals surface area contributed by atoms with Gasteiger partial charge in [-0.25, -0.2) is 4.79 Å². The molecule has 1 unspecified atom stereocenters. The second-order valence-corrected chi connectivity index (χ2v) is 8.05. The topological polar surface area (TPSA) is 30.7 Å². The second kappa shape index (κ2) is 9.59. The molecular formula is C28H28NO2+. The van der Waals surface area contributed by atoms with Crippen molar-refractivity contribution in [3.05, 3.63) is 131 Å². The van der Waals surface area contributed by atoms with Crippen molar-refractivity contribution in [2.24, 2.45) is 5.92 Å². The van der Waals surface area contributed by atoms with Crippen LogP contribution in [0.15, 0.2) is 115 Å². The molecule has 0 amide bonds. The Hall–Kier alpha value is -3.43. The first kappa shape index (κ1) is 20.8. The van der Waals surface area contributed by atoms with Crippen molar-refractivity contribution < 1.29 is 14.4 Å². The van der Waals surface area contributed by atoms with E-state index in [4.69, 9.17) is 4.74 Å². The molecule has 1 heterocycles. The van der Waals surface area contributed by atoms with Crippen LogP contribution in [0.2, 0.25) is 0 Å². The molecule has 2 aromatic rings. The number of allylic oxidation sites excluding steroid dienone is 7. The molecule has 31 heavy (non-hydrogen) atoms. The predicted molar refractivity (Wildman–Crippen MR) is 124 cm³/mol. The normalized spacial score (nSPS) is 19.6. The highest BCUT2D eigenvalue weighted by Crippen LogP contribution is 2.28. The summed E-state index contributed by atoms with van der Waals surface area (Å²) in [6, 6.07) is 18.1. The number of hydrogen-bond acceptors (Lipinski definition) is 2. The summed E-state index contributed by atoms with van der Waals surface area (Å²) in [5.74, 6) is 0.0923. The first-order valence-corrected chi connectivity index (χ1v) is 10.7.